The molecule has 80 heavy (non-hydrogen) atoms. The third-order valence-corrected chi connectivity index (χ3v) is 13.3. The van der Waals surface area contributed by atoms with E-state index in [0.29, 0.717) is 19.3 Å². The van der Waals surface area contributed by atoms with Gasteiger partial charge in [0.2, 0.25) is 0 Å². The Balaban J connectivity index is -0.000000138. The molecule has 0 aromatic heterocycles. The van der Waals surface area contributed by atoms with Gasteiger partial charge in [0.1, 0.15) is 0 Å². The Morgan fingerprint density at radius 3 is 0.338 bits per heavy atom. The van der Waals surface area contributed by atoms with E-state index >= 15 is 0 Å². The smallest absolute Gasteiger partial charge is 0.550 e. The molecule has 0 bridgehead atoms. The number of rotatable bonds is 54. The van der Waals surface area contributed by atoms with Gasteiger partial charge in [-0.25, -0.2) is 0 Å². The molecule has 0 aliphatic carbocycles. The number of aliphatic carboxylic acids is 6. The molecule has 0 aliphatic rings. The maximum Gasteiger partial charge on any atom is 3.00 e. The summed E-state index contributed by atoms with van der Waals surface area (Å²) in [7, 11) is 0. The van der Waals surface area contributed by atoms with Gasteiger partial charge in [0, 0.05) is 35.8 Å². The van der Waals surface area contributed by atoms with E-state index in [0.717, 1.165) is 38.5 Å². The van der Waals surface area contributed by atoms with E-state index in [9.17, 15) is 59.4 Å². The van der Waals surface area contributed by atoms with Crippen LogP contribution < -0.4 is 30.6 Å². The number of carboxylic acid groups (broad SMARTS) is 6. The van der Waals surface area contributed by atoms with Gasteiger partial charge in [-0.3, -0.25) is 0 Å². The molecule has 0 heterocycles. The van der Waals surface area contributed by atoms with E-state index in [-0.39, 0.29) is 73.2 Å². The van der Waals surface area contributed by atoms with Gasteiger partial charge in [-0.1, -0.05) is 330 Å². The summed E-state index contributed by atoms with van der Waals surface area (Å²) in [5, 5.41) is 59.1. The van der Waals surface area contributed by atoms with Crippen molar-refractivity contribution in [3.63, 3.8) is 0 Å². The quantitative estimate of drug-likeness (QED) is 0.0408. The standard InChI is InChI=1S/3C18H36O2.3C4H8O2.2Al/c3*1-2-3-4-5-6-7-8-9-10-11-12-13-14-15-16-17-18(19)20;3*1-2-3-4(5)6;;/h3*2-17H2,1H3,(H,19,20);3*2-3H2,1H3,(H,5,6);;/q;;;;;;2*+3/p-6. The minimum absolute atomic E-state index is 0. The van der Waals surface area contributed by atoms with Crippen LogP contribution in [0.1, 0.15) is 388 Å². The first kappa shape index (κ1) is 94.3. The monoisotopic (exact) mass is 1160 g/mol. The zero-order chi connectivity index (χ0) is 59.6. The van der Waals surface area contributed by atoms with Crippen molar-refractivity contribution in [2.45, 2.75) is 388 Å². The number of carbonyl (C=O) groups excluding carboxylic acids is 6. The topological polar surface area (TPSA) is 241 Å². The van der Waals surface area contributed by atoms with Crippen molar-refractivity contribution in [1.82, 2.24) is 0 Å². The van der Waals surface area contributed by atoms with Crippen LogP contribution in [0.4, 0.5) is 0 Å². The third-order valence-electron chi connectivity index (χ3n) is 13.3. The largest absolute Gasteiger partial charge is 3.00 e. The zero-order valence-electron chi connectivity index (χ0n) is 53.2. The number of hydrogen-bond acceptors (Lipinski definition) is 12. The summed E-state index contributed by atoms with van der Waals surface area (Å²) in [5.74, 6) is -5.59. The Labute approximate surface area is 515 Å². The first-order valence-corrected chi connectivity index (χ1v) is 32.8. The summed E-state index contributed by atoms with van der Waals surface area (Å²) < 4.78 is 0. The van der Waals surface area contributed by atoms with Crippen LogP contribution in [0.2, 0.25) is 0 Å². The summed E-state index contributed by atoms with van der Waals surface area (Å²) >= 11 is 0. The second kappa shape index (κ2) is 90.7. The number of carbonyl (C=O) groups is 6. The van der Waals surface area contributed by atoms with Crippen LogP contribution in [0.3, 0.4) is 0 Å². The minimum atomic E-state index is -0.961. The fraction of sp³-hybridized carbons (Fsp3) is 0.909. The van der Waals surface area contributed by atoms with Crippen molar-refractivity contribution in [1.29, 1.82) is 0 Å². The number of carboxylic acids is 6. The van der Waals surface area contributed by atoms with Gasteiger partial charge in [0.25, 0.3) is 0 Å². The van der Waals surface area contributed by atoms with Crippen molar-refractivity contribution < 1.29 is 59.4 Å². The zero-order valence-corrected chi connectivity index (χ0v) is 55.5. The molecule has 0 spiro atoms. The van der Waals surface area contributed by atoms with E-state index in [2.05, 4.69) is 20.8 Å². The van der Waals surface area contributed by atoms with Gasteiger partial charge in [0.15, 0.2) is 0 Å². The maximum atomic E-state index is 10.2. The van der Waals surface area contributed by atoms with Crippen LogP contribution >= 0.6 is 0 Å². The third kappa shape index (κ3) is 127. The molecule has 0 unspecified atom stereocenters. The van der Waals surface area contributed by atoms with Crippen molar-refractivity contribution in [3.05, 3.63) is 0 Å². The average Bonchev–Trinajstić information content (AvgIpc) is 3.38. The summed E-state index contributed by atoms with van der Waals surface area (Å²) in [6.45, 7) is 12.2. The summed E-state index contributed by atoms with van der Waals surface area (Å²) in [5.41, 5.74) is 0. The average molecular weight is 1170 g/mol. The van der Waals surface area contributed by atoms with Crippen LogP contribution in [0, 0.1) is 0 Å². The molecule has 0 radical (unpaired) electrons. The molecule has 0 aliphatic heterocycles. The van der Waals surface area contributed by atoms with Gasteiger partial charge >= 0.3 is 34.7 Å². The van der Waals surface area contributed by atoms with Gasteiger partial charge in [-0.15, -0.1) is 0 Å². The van der Waals surface area contributed by atoms with Gasteiger partial charge in [0.05, 0.1) is 0 Å². The second-order valence-electron chi connectivity index (χ2n) is 21.6. The van der Waals surface area contributed by atoms with Crippen molar-refractivity contribution >= 4 is 70.5 Å². The molecular formula is C66H126Al2O12. The van der Waals surface area contributed by atoms with E-state index in [1.807, 2.05) is 0 Å². The molecule has 0 N–H and O–H groups in total. The van der Waals surface area contributed by atoms with Crippen LogP contribution in [0.15, 0.2) is 0 Å². The van der Waals surface area contributed by atoms with Crippen LogP contribution in [-0.4, -0.2) is 70.5 Å². The molecule has 0 rings (SSSR count). The molecule has 12 nitrogen and oxygen atoms in total. The van der Waals surface area contributed by atoms with Crippen LogP contribution in [0.5, 0.6) is 0 Å². The molecule has 0 aromatic carbocycles. The fourth-order valence-corrected chi connectivity index (χ4v) is 8.53. The molecule has 0 atom stereocenters. The van der Waals surface area contributed by atoms with Gasteiger partial charge in [-0.05, 0) is 57.8 Å². The number of hydrogen-bond donors (Lipinski definition) is 0. The van der Waals surface area contributed by atoms with Crippen molar-refractivity contribution in [2.75, 3.05) is 0 Å². The first-order valence-electron chi connectivity index (χ1n) is 32.8. The van der Waals surface area contributed by atoms with E-state index in [1.54, 1.807) is 20.8 Å². The predicted octanol–water partition coefficient (Wildman–Crippen LogP) is 12.8. The van der Waals surface area contributed by atoms with E-state index in [4.69, 9.17) is 0 Å². The minimum Gasteiger partial charge on any atom is -0.550 e. The molecule has 0 saturated carbocycles. The Kier molecular flexibility index (Phi) is 107. The second-order valence-corrected chi connectivity index (χ2v) is 21.6. The molecule has 0 aromatic rings. The molecule has 468 valence electrons. The molecule has 0 fully saturated rings. The van der Waals surface area contributed by atoms with Crippen LogP contribution in [-0.2, 0) is 28.8 Å². The van der Waals surface area contributed by atoms with E-state index < -0.39 is 35.8 Å². The Morgan fingerprint density at radius 1 is 0.163 bits per heavy atom. The SMILES string of the molecule is CCCC(=O)[O-].CCCC(=O)[O-].CCCC(=O)[O-].CCCCCCCCCCCCCCCCCC(=O)[O-].CCCCCCCCCCCCCCCCCC(=O)[O-].CCCCCCCCCCCCCCCCCC(=O)[O-].[Al+3].[Al+3]. The maximum absolute atomic E-state index is 10.2. The molecular weight excluding hydrogens is 1040 g/mol. The summed E-state index contributed by atoms with van der Waals surface area (Å²) in [6, 6.07) is 0. The fourth-order valence-electron chi connectivity index (χ4n) is 8.53. The van der Waals surface area contributed by atoms with Crippen molar-refractivity contribution in [2.24, 2.45) is 0 Å². The normalized spacial score (nSPS) is 9.97. The molecule has 0 saturated heterocycles. The van der Waals surface area contributed by atoms with Crippen molar-refractivity contribution in [3.8, 4) is 0 Å². The summed E-state index contributed by atoms with van der Waals surface area (Å²) in [6.07, 6.45) is 62.1. The van der Waals surface area contributed by atoms with Gasteiger partial charge < -0.3 is 59.4 Å². The van der Waals surface area contributed by atoms with E-state index in [1.165, 1.54) is 250 Å². The molecule has 14 heteroatoms. The summed E-state index contributed by atoms with van der Waals surface area (Å²) in [4.78, 5) is 59.1. The Morgan fingerprint density at radius 2 is 0.263 bits per heavy atom. The molecule has 0 amide bonds. The predicted molar refractivity (Wildman–Crippen MR) is 325 cm³/mol. The van der Waals surface area contributed by atoms with Gasteiger partial charge in [-0.2, -0.15) is 0 Å². The number of unbranched alkanes of at least 4 members (excludes halogenated alkanes) is 42. The Bertz CT molecular complexity index is 1060. The first-order chi connectivity index (χ1) is 37.6. The Hall–Kier alpha value is -2.12. The van der Waals surface area contributed by atoms with Crippen LogP contribution in [0.25, 0.3) is 0 Å².